The van der Waals surface area contributed by atoms with E-state index in [9.17, 15) is 13.6 Å². The van der Waals surface area contributed by atoms with Crippen molar-refractivity contribution in [2.75, 3.05) is 26.7 Å². The van der Waals surface area contributed by atoms with Gasteiger partial charge in [0.1, 0.15) is 22.9 Å². The lowest BCUT2D eigenvalue weighted by atomic mass is 9.89. The summed E-state index contributed by atoms with van der Waals surface area (Å²) in [4.78, 5) is 14.9. The summed E-state index contributed by atoms with van der Waals surface area (Å²) in [7, 11) is 1.41. The van der Waals surface area contributed by atoms with E-state index in [0.717, 1.165) is 18.7 Å². The van der Waals surface area contributed by atoms with Crippen molar-refractivity contribution in [1.82, 2.24) is 10.2 Å². The molecule has 2 saturated heterocycles. The Bertz CT molecular complexity index is 842. The Morgan fingerprint density at radius 2 is 2.00 bits per heavy atom. The lowest BCUT2D eigenvalue weighted by Gasteiger charge is -2.29. The topological polar surface area (TPSA) is 41.6 Å². The number of hydrogen-bond acceptors (Lipinski definition) is 3. The SMILES string of the molecule is COc1cccc(F)c1C(=O)N1C[C@@H]2CNC[C@@H]2[C@@H]1c1cccc(F)c1. The van der Waals surface area contributed by atoms with Gasteiger partial charge in [-0.05, 0) is 35.7 Å². The third-order valence-corrected chi connectivity index (χ3v) is 5.42. The van der Waals surface area contributed by atoms with Gasteiger partial charge < -0.3 is 15.0 Å². The summed E-state index contributed by atoms with van der Waals surface area (Å²) in [5, 5.41) is 3.34. The van der Waals surface area contributed by atoms with Crippen LogP contribution in [-0.2, 0) is 0 Å². The molecule has 2 aliphatic heterocycles. The van der Waals surface area contributed by atoms with Crippen LogP contribution in [0.5, 0.6) is 5.75 Å². The second kappa shape index (κ2) is 6.68. The minimum atomic E-state index is -0.609. The maximum Gasteiger partial charge on any atom is 0.261 e. The van der Waals surface area contributed by atoms with Crippen LogP contribution in [0.25, 0.3) is 0 Å². The van der Waals surface area contributed by atoms with Crippen LogP contribution in [0.3, 0.4) is 0 Å². The van der Waals surface area contributed by atoms with E-state index in [-0.39, 0.29) is 35.0 Å². The minimum absolute atomic E-state index is 0.0654. The number of hydrogen-bond donors (Lipinski definition) is 1. The van der Waals surface area contributed by atoms with Crippen molar-refractivity contribution in [2.24, 2.45) is 11.8 Å². The maximum atomic E-state index is 14.4. The zero-order valence-corrected chi connectivity index (χ0v) is 14.4. The maximum absolute atomic E-state index is 14.4. The fraction of sp³-hybridized carbons (Fsp3) is 0.350. The molecule has 2 aliphatic rings. The molecule has 2 aromatic carbocycles. The van der Waals surface area contributed by atoms with Gasteiger partial charge in [0.25, 0.3) is 5.91 Å². The average molecular weight is 358 g/mol. The molecule has 0 bridgehead atoms. The highest BCUT2D eigenvalue weighted by atomic mass is 19.1. The van der Waals surface area contributed by atoms with Crippen LogP contribution in [0.2, 0.25) is 0 Å². The number of amides is 1. The van der Waals surface area contributed by atoms with Crippen molar-refractivity contribution >= 4 is 5.91 Å². The quantitative estimate of drug-likeness (QED) is 0.917. The van der Waals surface area contributed by atoms with Crippen LogP contribution >= 0.6 is 0 Å². The largest absolute Gasteiger partial charge is 0.496 e. The molecule has 2 heterocycles. The Labute approximate surface area is 150 Å². The van der Waals surface area contributed by atoms with Gasteiger partial charge in [-0.1, -0.05) is 18.2 Å². The number of likely N-dealkylation sites (tertiary alicyclic amines) is 1. The smallest absolute Gasteiger partial charge is 0.261 e. The summed E-state index contributed by atoms with van der Waals surface area (Å²) in [5.41, 5.74) is 0.675. The lowest BCUT2D eigenvalue weighted by Crippen LogP contribution is -2.35. The number of fused-ring (bicyclic) bond motifs is 1. The molecule has 0 saturated carbocycles. The Morgan fingerprint density at radius 1 is 1.19 bits per heavy atom. The average Bonchev–Trinajstić information content (AvgIpc) is 3.21. The van der Waals surface area contributed by atoms with Crippen LogP contribution in [-0.4, -0.2) is 37.6 Å². The Hall–Kier alpha value is -2.47. The Morgan fingerprint density at radius 3 is 2.77 bits per heavy atom. The molecule has 0 aromatic heterocycles. The molecule has 0 aliphatic carbocycles. The number of nitrogens with one attached hydrogen (secondary N) is 1. The van der Waals surface area contributed by atoms with Crippen molar-refractivity contribution in [3.05, 3.63) is 65.2 Å². The molecule has 26 heavy (non-hydrogen) atoms. The summed E-state index contributed by atoms with van der Waals surface area (Å²) in [5.74, 6) is -0.703. The van der Waals surface area contributed by atoms with E-state index in [1.807, 2.05) is 6.07 Å². The minimum Gasteiger partial charge on any atom is -0.496 e. The first-order chi connectivity index (χ1) is 12.6. The van der Waals surface area contributed by atoms with Crippen LogP contribution in [0.15, 0.2) is 42.5 Å². The number of rotatable bonds is 3. The molecule has 4 nitrogen and oxygen atoms in total. The highest BCUT2D eigenvalue weighted by molar-refractivity contribution is 5.97. The van der Waals surface area contributed by atoms with Gasteiger partial charge in [0, 0.05) is 25.6 Å². The molecular formula is C20H20F2N2O2. The zero-order valence-electron chi connectivity index (χ0n) is 14.4. The van der Waals surface area contributed by atoms with Gasteiger partial charge in [-0.2, -0.15) is 0 Å². The first kappa shape index (κ1) is 17.0. The van der Waals surface area contributed by atoms with E-state index in [1.54, 1.807) is 17.0 Å². The predicted molar refractivity (Wildman–Crippen MR) is 93.0 cm³/mol. The number of benzene rings is 2. The van der Waals surface area contributed by atoms with Gasteiger partial charge in [0.05, 0.1) is 13.2 Å². The monoisotopic (exact) mass is 358 g/mol. The zero-order chi connectivity index (χ0) is 18.3. The van der Waals surface area contributed by atoms with Gasteiger partial charge >= 0.3 is 0 Å². The van der Waals surface area contributed by atoms with Crippen molar-refractivity contribution in [3.8, 4) is 5.75 Å². The Balaban J connectivity index is 1.76. The van der Waals surface area contributed by atoms with E-state index < -0.39 is 11.7 Å². The third kappa shape index (κ3) is 2.74. The number of methoxy groups -OCH3 is 1. The molecule has 1 amide bonds. The number of halogens is 2. The number of nitrogens with zero attached hydrogens (tertiary/aromatic N) is 1. The first-order valence-corrected chi connectivity index (χ1v) is 8.70. The van der Waals surface area contributed by atoms with Crippen LogP contribution in [0, 0.1) is 23.5 Å². The predicted octanol–water partition coefficient (Wildman–Crippen LogP) is 3.01. The summed E-state index contributed by atoms with van der Waals surface area (Å²) in [6.07, 6.45) is 0. The van der Waals surface area contributed by atoms with Gasteiger partial charge in [-0.3, -0.25) is 4.79 Å². The van der Waals surface area contributed by atoms with E-state index in [2.05, 4.69) is 5.32 Å². The van der Waals surface area contributed by atoms with Crippen molar-refractivity contribution in [1.29, 1.82) is 0 Å². The molecular weight excluding hydrogens is 338 g/mol. The van der Waals surface area contributed by atoms with E-state index in [4.69, 9.17) is 4.74 Å². The van der Waals surface area contributed by atoms with Crippen LogP contribution in [0.1, 0.15) is 22.0 Å². The number of carbonyl (C=O) groups excluding carboxylic acids is 1. The summed E-state index contributed by atoms with van der Waals surface area (Å²) in [6.45, 7) is 2.06. The highest BCUT2D eigenvalue weighted by Gasteiger charge is 2.47. The third-order valence-electron chi connectivity index (χ3n) is 5.42. The molecule has 2 aromatic rings. The highest BCUT2D eigenvalue weighted by Crippen LogP contribution is 2.44. The van der Waals surface area contributed by atoms with Gasteiger partial charge in [-0.25, -0.2) is 8.78 Å². The van der Waals surface area contributed by atoms with Crippen LogP contribution < -0.4 is 10.1 Å². The fourth-order valence-electron chi connectivity index (χ4n) is 4.27. The van der Waals surface area contributed by atoms with Crippen molar-refractivity contribution in [2.45, 2.75) is 6.04 Å². The van der Waals surface area contributed by atoms with Gasteiger partial charge in [-0.15, -0.1) is 0 Å². The van der Waals surface area contributed by atoms with E-state index in [1.165, 1.54) is 31.4 Å². The molecule has 4 rings (SSSR count). The summed E-state index contributed by atoms with van der Waals surface area (Å²) < 4.78 is 33.4. The van der Waals surface area contributed by atoms with Crippen molar-refractivity contribution in [3.63, 3.8) is 0 Å². The fourth-order valence-corrected chi connectivity index (χ4v) is 4.27. The number of carbonyl (C=O) groups is 1. The molecule has 136 valence electrons. The van der Waals surface area contributed by atoms with Gasteiger partial charge in [0.15, 0.2) is 0 Å². The van der Waals surface area contributed by atoms with E-state index >= 15 is 0 Å². The Kier molecular flexibility index (Phi) is 4.36. The molecule has 1 N–H and O–H groups in total. The summed E-state index contributed by atoms with van der Waals surface area (Å²) in [6, 6.07) is 10.4. The molecule has 6 heteroatoms. The van der Waals surface area contributed by atoms with Crippen LogP contribution in [0.4, 0.5) is 8.78 Å². The number of ether oxygens (including phenoxy) is 1. The second-order valence-corrected chi connectivity index (χ2v) is 6.86. The molecule has 3 atom stereocenters. The van der Waals surface area contributed by atoms with E-state index in [0.29, 0.717) is 6.54 Å². The van der Waals surface area contributed by atoms with Crippen molar-refractivity contribution < 1.29 is 18.3 Å². The standard InChI is InChI=1S/C20H20F2N2O2/c1-26-17-7-3-6-16(22)18(17)20(25)24-11-13-9-23-10-15(13)19(24)12-4-2-5-14(21)8-12/h2-8,13,15,19,23H,9-11H2,1H3/t13-,15-,19-/m0/s1. The molecule has 2 fully saturated rings. The molecule has 0 spiro atoms. The molecule has 0 unspecified atom stereocenters. The first-order valence-electron chi connectivity index (χ1n) is 8.70. The summed E-state index contributed by atoms with van der Waals surface area (Å²) >= 11 is 0. The molecule has 0 radical (unpaired) electrons. The second-order valence-electron chi connectivity index (χ2n) is 6.86. The lowest BCUT2D eigenvalue weighted by molar-refractivity contribution is 0.0705. The normalized spacial score (nSPS) is 24.6. The van der Waals surface area contributed by atoms with Gasteiger partial charge in [0.2, 0.25) is 0 Å².